The summed E-state index contributed by atoms with van der Waals surface area (Å²) in [5.41, 5.74) is -5.65. The van der Waals surface area contributed by atoms with E-state index >= 15 is 0 Å². The summed E-state index contributed by atoms with van der Waals surface area (Å²) in [6, 6.07) is 64.7. The van der Waals surface area contributed by atoms with E-state index in [2.05, 4.69) is 208 Å². The van der Waals surface area contributed by atoms with Gasteiger partial charge >= 0.3 is 42.3 Å². The molecule has 0 aromatic heterocycles. The molecule has 260 valence electrons. The first-order valence-electron chi connectivity index (χ1n) is 15.1. The summed E-state index contributed by atoms with van der Waals surface area (Å²) < 4.78 is 58.9. The first-order chi connectivity index (χ1) is 24.1. The van der Waals surface area contributed by atoms with Crippen LogP contribution in [-0.2, 0) is 29.3 Å². The number of benzene rings is 6. The Bertz CT molecular complexity index is 1600. The quantitative estimate of drug-likeness (QED) is 0.0539. The summed E-state index contributed by atoms with van der Waals surface area (Å²) >= 11 is 2.92. The van der Waals surface area contributed by atoms with Crippen LogP contribution in [0.3, 0.4) is 0 Å². The molecule has 6 aromatic rings. The second-order valence-corrected chi connectivity index (χ2v) is 16.4. The van der Waals surface area contributed by atoms with Gasteiger partial charge in [-0.3, -0.25) is 0 Å². The average Bonchev–Trinajstić information content (AvgIpc) is 3.14. The average molecular weight is 821 g/mol. The molecule has 50 heavy (non-hydrogen) atoms. The Morgan fingerprint density at radius 3 is 0.740 bits per heavy atom. The van der Waals surface area contributed by atoms with Crippen LogP contribution in [0.1, 0.15) is 0 Å². The summed E-state index contributed by atoms with van der Waals surface area (Å²) in [6.07, 6.45) is 1.81. The Hall–Kier alpha value is -3.72. The van der Waals surface area contributed by atoms with Crippen molar-refractivity contribution in [3.63, 3.8) is 0 Å². The zero-order chi connectivity index (χ0) is 36.2. The number of allylic oxidation sites excluding steroid dienone is 1. The van der Waals surface area contributed by atoms with Gasteiger partial charge < -0.3 is 4.55 Å². The van der Waals surface area contributed by atoms with E-state index in [1.807, 2.05) is 6.08 Å². The van der Waals surface area contributed by atoms with Crippen molar-refractivity contribution in [3.8, 4) is 0 Å². The van der Waals surface area contributed by atoms with Gasteiger partial charge in [-0.25, -0.2) is 8.42 Å². The van der Waals surface area contributed by atoms with Crippen molar-refractivity contribution < 1.29 is 45.3 Å². The molecule has 0 heterocycles. The topological polar surface area (TPSA) is 57.2 Å². The summed E-state index contributed by atoms with van der Waals surface area (Å²) in [4.78, 5) is 0.933. The summed E-state index contributed by atoms with van der Waals surface area (Å²) in [5.74, 6) is 0. The van der Waals surface area contributed by atoms with Crippen LogP contribution >= 0.6 is 15.8 Å². The van der Waals surface area contributed by atoms with Crippen molar-refractivity contribution in [1.29, 1.82) is 0 Å². The van der Waals surface area contributed by atoms with Crippen molar-refractivity contribution in [2.45, 2.75) is 10.4 Å². The van der Waals surface area contributed by atoms with Gasteiger partial charge in [-0.05, 0) is 47.7 Å². The second-order valence-electron chi connectivity index (χ2n) is 10.0. The molecule has 0 bridgehead atoms. The van der Waals surface area contributed by atoms with Crippen LogP contribution in [0.25, 0.3) is 0 Å². The molecule has 0 amide bonds. The predicted octanol–water partition coefficient (Wildman–Crippen LogP) is 8.08. The molecular formula is C40H35F3O3P2PdS. The van der Waals surface area contributed by atoms with E-state index < -0.39 is 31.5 Å². The van der Waals surface area contributed by atoms with Crippen LogP contribution in [0.15, 0.2) is 195 Å². The molecule has 0 spiro atoms. The number of rotatable bonds is 7. The minimum Gasteiger partial charge on any atom is -0.741 e. The van der Waals surface area contributed by atoms with Gasteiger partial charge in [-0.2, -0.15) is 13.2 Å². The third kappa shape index (κ3) is 13.5. The molecule has 0 N–H and O–H groups in total. The molecule has 3 nitrogen and oxygen atoms in total. The normalized spacial score (nSPS) is 10.8. The number of halogens is 3. The Labute approximate surface area is 306 Å². The maximum Gasteiger partial charge on any atom is 0.485 e. The van der Waals surface area contributed by atoms with Gasteiger partial charge in [-0.15, -0.1) is 0 Å². The maximum absolute atomic E-state index is 10.7. The molecule has 10 heteroatoms. The fourth-order valence-electron chi connectivity index (χ4n) is 4.36. The van der Waals surface area contributed by atoms with Crippen LogP contribution in [0.4, 0.5) is 13.2 Å². The molecule has 6 rings (SSSR count). The zero-order valence-electron chi connectivity index (χ0n) is 26.8. The molecule has 6 aromatic carbocycles. The second kappa shape index (κ2) is 21.5. The molecule has 0 saturated heterocycles. The van der Waals surface area contributed by atoms with Crippen LogP contribution < -0.4 is 31.8 Å². The van der Waals surface area contributed by atoms with Gasteiger partial charge in [0.25, 0.3) is 0 Å². The van der Waals surface area contributed by atoms with E-state index in [0.29, 0.717) is 0 Å². The van der Waals surface area contributed by atoms with Crippen molar-refractivity contribution in [2.75, 3.05) is 0 Å². The molecule has 0 aliphatic rings. The SMILES string of the molecule is C=C[CH2][Pd+].O=S(=O)([O-])C(F)(F)F.c1ccc(P(c2ccccc2)c2ccccc2)cc1.c1ccc(P(c2ccccc2)c2ccccc2)cc1. The molecule has 0 radical (unpaired) electrons. The third-order valence-electron chi connectivity index (χ3n) is 6.46. The summed E-state index contributed by atoms with van der Waals surface area (Å²) in [5, 5.41) is 8.39. The van der Waals surface area contributed by atoms with E-state index in [9.17, 15) is 13.2 Å². The molecule has 0 aliphatic heterocycles. The fraction of sp³-hybridized carbons (Fsp3) is 0.0500. The Morgan fingerprint density at radius 1 is 0.500 bits per heavy atom. The predicted molar refractivity (Wildman–Crippen MR) is 201 cm³/mol. The van der Waals surface area contributed by atoms with Gasteiger partial charge in [0.1, 0.15) is 0 Å². The summed E-state index contributed by atoms with van der Waals surface area (Å²) in [6.45, 7) is 3.44. The van der Waals surface area contributed by atoms with Gasteiger partial charge in [0.15, 0.2) is 10.1 Å². The van der Waals surface area contributed by atoms with Crippen molar-refractivity contribution in [2.24, 2.45) is 0 Å². The zero-order valence-corrected chi connectivity index (χ0v) is 30.9. The molecule has 0 unspecified atom stereocenters. The molecular weight excluding hydrogens is 786 g/mol. The fourth-order valence-corrected chi connectivity index (χ4v) is 8.97. The molecule has 0 aliphatic carbocycles. The van der Waals surface area contributed by atoms with E-state index in [0.717, 1.165) is 4.89 Å². The van der Waals surface area contributed by atoms with E-state index in [-0.39, 0.29) is 0 Å². The Balaban J connectivity index is 0.000000206. The van der Waals surface area contributed by atoms with E-state index in [4.69, 9.17) is 13.0 Å². The molecule has 0 atom stereocenters. The van der Waals surface area contributed by atoms with Crippen molar-refractivity contribution >= 4 is 57.8 Å². The first-order valence-corrected chi connectivity index (χ1v) is 20.3. The number of hydrogen-bond acceptors (Lipinski definition) is 3. The van der Waals surface area contributed by atoms with Gasteiger partial charge in [-0.1, -0.05) is 182 Å². The van der Waals surface area contributed by atoms with Crippen molar-refractivity contribution in [3.05, 3.63) is 195 Å². The number of alkyl halides is 3. The van der Waals surface area contributed by atoms with E-state index in [1.54, 1.807) is 0 Å². The van der Waals surface area contributed by atoms with Gasteiger partial charge in [0.2, 0.25) is 0 Å². The molecule has 0 fully saturated rings. The Kier molecular flexibility index (Phi) is 17.5. The monoisotopic (exact) mass is 820 g/mol. The van der Waals surface area contributed by atoms with Crippen LogP contribution in [0, 0.1) is 0 Å². The van der Waals surface area contributed by atoms with Gasteiger partial charge in [0.05, 0.1) is 0 Å². The minimum absolute atomic E-state index is 0.446. The van der Waals surface area contributed by atoms with E-state index in [1.165, 1.54) is 31.8 Å². The smallest absolute Gasteiger partial charge is 0.485 e. The maximum atomic E-state index is 10.7. The van der Waals surface area contributed by atoms with Gasteiger partial charge in [0, 0.05) is 0 Å². The molecule has 0 saturated carbocycles. The largest absolute Gasteiger partial charge is 0.741 e. The Morgan fingerprint density at radius 2 is 0.640 bits per heavy atom. The van der Waals surface area contributed by atoms with Crippen LogP contribution in [0.5, 0.6) is 0 Å². The standard InChI is InChI=1S/2C18H15P.C3H5.CHF3O3S.Pd/c2*1-4-10-16(11-5-1)19(17-12-6-2-7-13-17)18-14-8-3-9-15-18;1-3-2;2-1(3,4)8(5,6)7;/h2*1-15H;3H,1-2H2;(H,5,6,7);/q;;;;+1/p-1. The van der Waals surface area contributed by atoms with Crippen molar-refractivity contribution in [1.82, 2.24) is 0 Å². The number of hydrogen-bond donors (Lipinski definition) is 0. The van der Waals surface area contributed by atoms with Crippen LogP contribution in [0.2, 0.25) is 4.89 Å². The van der Waals surface area contributed by atoms with Crippen LogP contribution in [-0.4, -0.2) is 18.5 Å². The summed E-state index contributed by atoms with van der Waals surface area (Å²) in [7, 11) is -6.98. The third-order valence-corrected chi connectivity index (χ3v) is 12.4. The first kappa shape index (κ1) is 40.7. The minimum atomic E-state index is -6.09.